The van der Waals surface area contributed by atoms with Crippen molar-refractivity contribution < 1.29 is 8.84 Å². The van der Waals surface area contributed by atoms with Crippen LogP contribution in [0.5, 0.6) is 0 Å². The lowest BCUT2D eigenvalue weighted by atomic mass is 9.80. The van der Waals surface area contributed by atoms with E-state index in [9.17, 15) is 0 Å². The van der Waals surface area contributed by atoms with Gasteiger partial charge in [-0.3, -0.25) is 0 Å². The molecule has 5 heteroatoms. The van der Waals surface area contributed by atoms with Crippen LogP contribution in [0.3, 0.4) is 0 Å². The van der Waals surface area contributed by atoms with E-state index < -0.39 is 9.04 Å². The molecule has 1 heterocycles. The summed E-state index contributed by atoms with van der Waals surface area (Å²) in [6.45, 7) is 8.84. The second-order valence-corrected chi connectivity index (χ2v) is 13.5. The van der Waals surface area contributed by atoms with Crippen LogP contribution in [0.2, 0.25) is 0 Å². The number of rotatable bonds is 9. The molecular weight excluding hydrogens is 460 g/mol. The predicted molar refractivity (Wildman–Crippen MR) is 147 cm³/mol. The maximum absolute atomic E-state index is 7.33. The third-order valence-corrected chi connectivity index (χ3v) is 10.1. The van der Waals surface area contributed by atoms with Crippen LogP contribution < -0.4 is 10.4 Å². The van der Waals surface area contributed by atoms with Crippen molar-refractivity contribution in [3.8, 4) is 0 Å². The fraction of sp³-hybridized carbons (Fsp3) is 0.355. The van der Waals surface area contributed by atoms with Gasteiger partial charge in [-0.05, 0) is 40.1 Å². The molecule has 0 bridgehead atoms. The molecule has 1 aliphatic rings. The second kappa shape index (κ2) is 10.2. The highest BCUT2D eigenvalue weighted by molar-refractivity contribution is 6.80. The minimum absolute atomic E-state index is 0.00289. The number of benzene rings is 3. The monoisotopic (exact) mass is 496 g/mol. The van der Waals surface area contributed by atoms with E-state index in [0.29, 0.717) is 11.8 Å². The van der Waals surface area contributed by atoms with Crippen LogP contribution >= 0.6 is 0 Å². The molecule has 186 valence electrons. The predicted octanol–water partition coefficient (Wildman–Crippen LogP) is 5.24. The summed E-state index contributed by atoms with van der Waals surface area (Å²) in [5.74, 6) is 1.77. The number of aromatic nitrogens is 2. The molecule has 0 saturated heterocycles. The quantitative estimate of drug-likeness (QED) is 0.298. The summed E-state index contributed by atoms with van der Waals surface area (Å²) in [5.41, 5.74) is 1.44. The highest BCUT2D eigenvalue weighted by Gasteiger charge is 2.60. The molecule has 3 unspecified atom stereocenters. The molecule has 1 fully saturated rings. The average molecular weight is 497 g/mol. The molecule has 0 amide bonds. The Morgan fingerprint density at radius 2 is 1.44 bits per heavy atom. The average Bonchev–Trinajstić information content (AvgIpc) is 3.46. The van der Waals surface area contributed by atoms with Crippen LogP contribution in [0.4, 0.5) is 0 Å². The molecule has 1 saturated carbocycles. The number of aryl methyl sites for hydroxylation is 2. The third kappa shape index (κ3) is 5.23. The highest BCUT2D eigenvalue weighted by atomic mass is 28.3. The Balaban J connectivity index is 1.48. The first kappa shape index (κ1) is 24.7. The normalized spacial score (nSPS) is 20.4. The maximum Gasteiger partial charge on any atom is 0.240 e. The summed E-state index contributed by atoms with van der Waals surface area (Å²) in [5, 5.41) is 11.0. The van der Waals surface area contributed by atoms with Crippen LogP contribution in [0.15, 0.2) is 95.4 Å². The van der Waals surface area contributed by atoms with Crippen molar-refractivity contribution in [3.05, 3.63) is 108 Å². The summed E-state index contributed by atoms with van der Waals surface area (Å²) >= 11 is 0. The number of hydrogen-bond acceptors (Lipinski definition) is 4. The molecule has 0 N–H and O–H groups in total. The summed E-state index contributed by atoms with van der Waals surface area (Å²) in [7, 11) is -1.89. The fourth-order valence-electron chi connectivity index (χ4n) is 5.69. The SMILES string of the molecule is Cc1nnc(CCC2(c3ccccc3)CC2C(O[SiH](c2ccccc2)c2ccccc2)C(C)(C)C)o1. The standard InChI is InChI=1S/C31H36N2O2Si/c1-23-32-33-28(34-23)20-21-31(24-14-8-5-9-15-24)22-27(31)29(30(2,3)4)35-36(25-16-10-6-11-17-25)26-18-12-7-13-19-26/h5-19,27,29,36H,20-22H2,1-4H3. The van der Waals surface area contributed by atoms with Crippen LogP contribution in [0, 0.1) is 18.3 Å². The Morgan fingerprint density at radius 3 is 1.94 bits per heavy atom. The Bertz CT molecular complexity index is 1210. The number of hydrogen-bond donors (Lipinski definition) is 0. The molecule has 1 aliphatic carbocycles. The fourth-order valence-corrected chi connectivity index (χ4v) is 8.42. The van der Waals surface area contributed by atoms with Crippen LogP contribution in [0.1, 0.15) is 51.0 Å². The Hall–Kier alpha value is -3.02. The van der Waals surface area contributed by atoms with E-state index in [1.54, 1.807) is 0 Å². The summed E-state index contributed by atoms with van der Waals surface area (Å²) < 4.78 is 13.1. The highest BCUT2D eigenvalue weighted by Crippen LogP contribution is 2.61. The lowest BCUT2D eigenvalue weighted by Gasteiger charge is -2.36. The first-order chi connectivity index (χ1) is 17.4. The molecule has 0 radical (unpaired) electrons. The lowest BCUT2D eigenvalue weighted by molar-refractivity contribution is 0.0610. The van der Waals surface area contributed by atoms with Crippen LogP contribution in [0.25, 0.3) is 0 Å². The van der Waals surface area contributed by atoms with E-state index in [4.69, 9.17) is 8.84 Å². The molecule has 4 aromatic rings. The minimum Gasteiger partial charge on any atom is -0.426 e. The lowest BCUT2D eigenvalue weighted by Crippen LogP contribution is -2.50. The zero-order chi connectivity index (χ0) is 25.2. The van der Waals surface area contributed by atoms with Gasteiger partial charge in [0.1, 0.15) is 0 Å². The largest absolute Gasteiger partial charge is 0.426 e. The Morgan fingerprint density at radius 1 is 0.889 bits per heavy atom. The molecular formula is C31H36N2O2Si. The van der Waals surface area contributed by atoms with Crippen molar-refractivity contribution in [2.75, 3.05) is 0 Å². The van der Waals surface area contributed by atoms with Crippen molar-refractivity contribution >= 4 is 19.4 Å². The van der Waals surface area contributed by atoms with E-state index >= 15 is 0 Å². The van der Waals surface area contributed by atoms with E-state index in [1.807, 2.05) is 6.92 Å². The third-order valence-electron chi connectivity index (χ3n) is 7.54. The zero-order valence-corrected chi connectivity index (χ0v) is 22.9. The smallest absolute Gasteiger partial charge is 0.240 e. The molecule has 3 aromatic carbocycles. The van der Waals surface area contributed by atoms with E-state index in [0.717, 1.165) is 25.2 Å². The zero-order valence-electron chi connectivity index (χ0n) is 21.7. The van der Waals surface area contributed by atoms with Gasteiger partial charge in [-0.25, -0.2) is 0 Å². The van der Waals surface area contributed by atoms with Crippen molar-refractivity contribution in [2.24, 2.45) is 11.3 Å². The Kier molecular flexibility index (Phi) is 6.95. The summed E-state index contributed by atoms with van der Waals surface area (Å²) in [4.78, 5) is 0. The van der Waals surface area contributed by atoms with Gasteiger partial charge in [-0.1, -0.05) is 112 Å². The molecule has 36 heavy (non-hydrogen) atoms. The van der Waals surface area contributed by atoms with Gasteiger partial charge in [0.15, 0.2) is 0 Å². The first-order valence-corrected chi connectivity index (χ1v) is 14.6. The molecule has 4 nitrogen and oxygen atoms in total. The van der Waals surface area contributed by atoms with Crippen molar-refractivity contribution in [1.82, 2.24) is 10.2 Å². The minimum atomic E-state index is -1.89. The van der Waals surface area contributed by atoms with Gasteiger partial charge in [0.2, 0.25) is 20.8 Å². The van der Waals surface area contributed by atoms with Crippen molar-refractivity contribution in [3.63, 3.8) is 0 Å². The van der Waals surface area contributed by atoms with Crippen molar-refractivity contribution in [1.29, 1.82) is 0 Å². The van der Waals surface area contributed by atoms with Gasteiger partial charge in [0.05, 0.1) is 6.10 Å². The van der Waals surface area contributed by atoms with E-state index in [2.05, 4.69) is 122 Å². The number of nitrogens with zero attached hydrogens (tertiary/aromatic N) is 2. The topological polar surface area (TPSA) is 48.2 Å². The molecule has 1 aromatic heterocycles. The van der Waals surface area contributed by atoms with Gasteiger partial charge in [-0.15, -0.1) is 10.2 Å². The maximum atomic E-state index is 7.33. The molecule has 0 aliphatic heterocycles. The Labute approximate surface area is 216 Å². The molecule has 3 atom stereocenters. The summed E-state index contributed by atoms with van der Waals surface area (Å²) in [6.07, 6.45) is 2.99. The summed E-state index contributed by atoms with van der Waals surface area (Å²) in [6, 6.07) is 32.6. The van der Waals surface area contributed by atoms with Gasteiger partial charge in [0.25, 0.3) is 0 Å². The van der Waals surface area contributed by atoms with Gasteiger partial charge in [0, 0.05) is 18.8 Å². The first-order valence-electron chi connectivity index (χ1n) is 13.0. The van der Waals surface area contributed by atoms with Gasteiger partial charge in [-0.2, -0.15) is 0 Å². The van der Waals surface area contributed by atoms with Crippen LogP contribution in [-0.2, 0) is 16.3 Å². The van der Waals surface area contributed by atoms with Gasteiger partial charge < -0.3 is 8.84 Å². The van der Waals surface area contributed by atoms with Crippen LogP contribution in [-0.4, -0.2) is 25.3 Å². The van der Waals surface area contributed by atoms with Gasteiger partial charge >= 0.3 is 0 Å². The van der Waals surface area contributed by atoms with E-state index in [-0.39, 0.29) is 16.9 Å². The van der Waals surface area contributed by atoms with E-state index in [1.165, 1.54) is 15.9 Å². The molecule has 0 spiro atoms. The molecule has 5 rings (SSSR count). The second-order valence-electron chi connectivity index (χ2n) is 11.2. The van der Waals surface area contributed by atoms with Crippen molar-refractivity contribution in [2.45, 2.75) is 58.5 Å².